The van der Waals surface area contributed by atoms with Crippen LogP contribution >= 0.6 is 0 Å². The molecular formula is C22H24N6O4. The number of aromatic nitrogens is 4. The highest BCUT2D eigenvalue weighted by molar-refractivity contribution is 6.03. The van der Waals surface area contributed by atoms with E-state index in [-0.39, 0.29) is 23.2 Å². The molecule has 0 radical (unpaired) electrons. The quantitative estimate of drug-likeness (QED) is 0.552. The van der Waals surface area contributed by atoms with E-state index in [1.807, 2.05) is 26.0 Å². The maximum atomic E-state index is 12.8. The molecule has 0 aliphatic heterocycles. The number of carbonyl (C=O) groups is 2. The minimum atomic E-state index is -0.428. The van der Waals surface area contributed by atoms with Gasteiger partial charge in [-0.05, 0) is 29.7 Å². The van der Waals surface area contributed by atoms with Gasteiger partial charge in [0.15, 0.2) is 11.4 Å². The zero-order valence-electron chi connectivity index (χ0n) is 18.2. The molecule has 0 aliphatic carbocycles. The van der Waals surface area contributed by atoms with Gasteiger partial charge in [0.2, 0.25) is 11.8 Å². The van der Waals surface area contributed by atoms with Gasteiger partial charge >= 0.3 is 0 Å². The number of ether oxygens (including phenoxy) is 2. The molecule has 0 spiro atoms. The molecule has 32 heavy (non-hydrogen) atoms. The second-order valence-electron chi connectivity index (χ2n) is 7.16. The molecule has 2 N–H and O–H groups in total. The smallest absolute Gasteiger partial charge is 0.276 e. The van der Waals surface area contributed by atoms with Crippen molar-refractivity contribution in [2.24, 2.45) is 5.92 Å². The minimum absolute atomic E-state index is 0.0176. The first-order chi connectivity index (χ1) is 15.4. The maximum Gasteiger partial charge on any atom is 0.276 e. The van der Waals surface area contributed by atoms with Crippen LogP contribution < -0.4 is 20.1 Å². The van der Waals surface area contributed by atoms with Crippen molar-refractivity contribution in [2.45, 2.75) is 19.9 Å². The second-order valence-corrected chi connectivity index (χ2v) is 7.16. The van der Waals surface area contributed by atoms with E-state index in [1.165, 1.54) is 26.4 Å². The summed E-state index contributed by atoms with van der Waals surface area (Å²) in [5, 5.41) is 21.3. The summed E-state index contributed by atoms with van der Waals surface area (Å²) in [6, 6.07) is 13.0. The number of anilines is 1. The van der Waals surface area contributed by atoms with E-state index < -0.39 is 11.9 Å². The molecule has 10 nitrogen and oxygen atoms in total. The number of hydrogen-bond acceptors (Lipinski definition) is 8. The summed E-state index contributed by atoms with van der Waals surface area (Å²) < 4.78 is 9.95. The van der Waals surface area contributed by atoms with Crippen molar-refractivity contribution in [1.82, 2.24) is 25.7 Å². The standard InChI is InChI=1S/C22H24N6O4/c1-13(2)20(24-22(30)17-10-12-19(32-4)28-26-17)14-7-5-6-8-15(14)23-21(29)16-9-11-18(31-3)27-25-16/h5-13,20H,1-4H3,(H,23,29)(H,24,30)/t20-/m1/s1. The van der Waals surface area contributed by atoms with Crippen molar-refractivity contribution in [2.75, 3.05) is 19.5 Å². The molecule has 0 bridgehead atoms. The van der Waals surface area contributed by atoms with Crippen LogP contribution in [0, 0.1) is 5.92 Å². The number of benzene rings is 1. The van der Waals surface area contributed by atoms with E-state index in [0.29, 0.717) is 17.4 Å². The third-order valence-corrected chi connectivity index (χ3v) is 4.66. The molecule has 1 atom stereocenters. The summed E-state index contributed by atoms with van der Waals surface area (Å²) in [5.41, 5.74) is 1.59. The Morgan fingerprint density at radius 1 is 0.781 bits per heavy atom. The number of nitrogens with one attached hydrogen (secondary N) is 2. The van der Waals surface area contributed by atoms with Gasteiger partial charge in [0.1, 0.15) is 0 Å². The highest BCUT2D eigenvalue weighted by Crippen LogP contribution is 2.29. The van der Waals surface area contributed by atoms with Gasteiger partial charge in [-0.3, -0.25) is 9.59 Å². The molecule has 0 saturated heterocycles. The first-order valence-electron chi connectivity index (χ1n) is 9.89. The normalized spacial score (nSPS) is 11.5. The van der Waals surface area contributed by atoms with Gasteiger partial charge in [0.25, 0.3) is 11.8 Å². The van der Waals surface area contributed by atoms with Crippen LogP contribution in [0.25, 0.3) is 0 Å². The van der Waals surface area contributed by atoms with Gasteiger partial charge in [-0.1, -0.05) is 32.0 Å². The van der Waals surface area contributed by atoms with E-state index in [4.69, 9.17) is 9.47 Å². The minimum Gasteiger partial charge on any atom is -0.480 e. The van der Waals surface area contributed by atoms with Crippen molar-refractivity contribution in [3.63, 3.8) is 0 Å². The molecule has 3 aromatic rings. The fraction of sp³-hybridized carbons (Fsp3) is 0.273. The average Bonchev–Trinajstić information content (AvgIpc) is 2.82. The molecule has 0 saturated carbocycles. The molecule has 2 amide bonds. The molecule has 166 valence electrons. The van der Waals surface area contributed by atoms with Gasteiger partial charge in [0.05, 0.1) is 20.3 Å². The van der Waals surface area contributed by atoms with Crippen LogP contribution in [-0.4, -0.2) is 46.4 Å². The average molecular weight is 436 g/mol. The Hall–Kier alpha value is -4.08. The lowest BCUT2D eigenvalue weighted by Crippen LogP contribution is -2.33. The number of amides is 2. The van der Waals surface area contributed by atoms with Crippen LogP contribution in [0.1, 0.15) is 46.4 Å². The third-order valence-electron chi connectivity index (χ3n) is 4.66. The summed E-state index contributed by atoms with van der Waals surface area (Å²) in [4.78, 5) is 25.5. The van der Waals surface area contributed by atoms with E-state index in [9.17, 15) is 9.59 Å². The van der Waals surface area contributed by atoms with Crippen LogP contribution in [0.2, 0.25) is 0 Å². The van der Waals surface area contributed by atoms with Crippen molar-refractivity contribution >= 4 is 17.5 Å². The topological polar surface area (TPSA) is 128 Å². The largest absolute Gasteiger partial charge is 0.480 e. The predicted octanol–water partition coefficient (Wildman–Crippen LogP) is 2.66. The van der Waals surface area contributed by atoms with Crippen molar-refractivity contribution in [3.8, 4) is 11.8 Å². The van der Waals surface area contributed by atoms with Crippen LogP contribution in [-0.2, 0) is 0 Å². The lowest BCUT2D eigenvalue weighted by molar-refractivity contribution is 0.0919. The Morgan fingerprint density at radius 2 is 1.34 bits per heavy atom. The van der Waals surface area contributed by atoms with Gasteiger partial charge in [-0.2, -0.15) is 0 Å². The van der Waals surface area contributed by atoms with Crippen molar-refractivity contribution in [1.29, 1.82) is 0 Å². The highest BCUT2D eigenvalue weighted by Gasteiger charge is 2.23. The van der Waals surface area contributed by atoms with E-state index in [0.717, 1.165) is 5.56 Å². The SMILES string of the molecule is COc1ccc(C(=O)Nc2ccccc2[C@H](NC(=O)c2ccc(OC)nn2)C(C)C)nn1. The number of nitrogens with zero attached hydrogens (tertiary/aromatic N) is 4. The fourth-order valence-electron chi connectivity index (χ4n) is 2.99. The maximum absolute atomic E-state index is 12.8. The zero-order chi connectivity index (χ0) is 23.1. The van der Waals surface area contributed by atoms with Gasteiger partial charge in [-0.25, -0.2) is 0 Å². The number of methoxy groups -OCH3 is 2. The Morgan fingerprint density at radius 3 is 1.84 bits per heavy atom. The van der Waals surface area contributed by atoms with E-state index in [2.05, 4.69) is 31.0 Å². The molecule has 0 unspecified atom stereocenters. The van der Waals surface area contributed by atoms with Crippen LogP contribution in [0.4, 0.5) is 5.69 Å². The lowest BCUT2D eigenvalue weighted by Gasteiger charge is -2.25. The Bertz CT molecular complexity index is 1070. The van der Waals surface area contributed by atoms with Crippen molar-refractivity contribution in [3.05, 3.63) is 65.5 Å². The summed E-state index contributed by atoms with van der Waals surface area (Å²) in [6.07, 6.45) is 0. The highest BCUT2D eigenvalue weighted by atomic mass is 16.5. The van der Waals surface area contributed by atoms with Crippen LogP contribution in [0.15, 0.2) is 48.5 Å². The molecule has 2 aromatic heterocycles. The molecule has 0 fully saturated rings. The Labute approximate surface area is 185 Å². The molecular weight excluding hydrogens is 412 g/mol. The summed E-state index contributed by atoms with van der Waals surface area (Å²) >= 11 is 0. The summed E-state index contributed by atoms with van der Waals surface area (Å²) in [5.74, 6) is -0.171. The number of carbonyl (C=O) groups excluding carboxylic acids is 2. The third kappa shape index (κ3) is 5.34. The molecule has 0 aliphatic rings. The fourth-order valence-corrected chi connectivity index (χ4v) is 2.99. The van der Waals surface area contributed by atoms with Crippen molar-refractivity contribution < 1.29 is 19.1 Å². The first kappa shape index (κ1) is 22.6. The Kier molecular flexibility index (Phi) is 7.27. The summed E-state index contributed by atoms with van der Waals surface area (Å²) in [6.45, 7) is 3.94. The van der Waals surface area contributed by atoms with Gasteiger partial charge in [-0.15, -0.1) is 20.4 Å². The van der Waals surface area contributed by atoms with Crippen LogP contribution in [0.5, 0.6) is 11.8 Å². The van der Waals surface area contributed by atoms with E-state index >= 15 is 0 Å². The van der Waals surface area contributed by atoms with Gasteiger partial charge < -0.3 is 20.1 Å². The van der Waals surface area contributed by atoms with Gasteiger partial charge in [0, 0.05) is 17.8 Å². The molecule has 2 heterocycles. The van der Waals surface area contributed by atoms with E-state index in [1.54, 1.807) is 24.3 Å². The Balaban J connectivity index is 1.82. The molecule has 1 aromatic carbocycles. The lowest BCUT2D eigenvalue weighted by atomic mass is 9.94. The monoisotopic (exact) mass is 436 g/mol. The summed E-state index contributed by atoms with van der Waals surface area (Å²) in [7, 11) is 2.94. The zero-order valence-corrected chi connectivity index (χ0v) is 18.2. The second kappa shape index (κ2) is 10.3. The van der Waals surface area contributed by atoms with Crippen LogP contribution in [0.3, 0.4) is 0 Å². The molecule has 3 rings (SSSR count). The number of rotatable bonds is 8. The number of para-hydroxylation sites is 1. The molecule has 10 heteroatoms. The number of hydrogen-bond donors (Lipinski definition) is 2. The predicted molar refractivity (Wildman–Crippen MR) is 117 cm³/mol. The first-order valence-corrected chi connectivity index (χ1v) is 9.89.